The maximum atomic E-state index is 3.49. The fraction of sp³-hybridized carbons (Fsp3) is 1.00. The molecule has 0 aromatic rings. The van der Waals surface area contributed by atoms with Crippen LogP contribution in [0.4, 0.5) is 0 Å². The molecule has 2 nitrogen and oxygen atoms in total. The van der Waals surface area contributed by atoms with E-state index in [0.29, 0.717) is 6.04 Å². The number of hydrogen-bond donors (Lipinski definition) is 2. The highest BCUT2D eigenvalue weighted by Gasteiger charge is 1.99. The van der Waals surface area contributed by atoms with Gasteiger partial charge in [0.2, 0.25) is 0 Å². The van der Waals surface area contributed by atoms with Crippen molar-refractivity contribution in [3.63, 3.8) is 0 Å². The van der Waals surface area contributed by atoms with Crippen molar-refractivity contribution < 1.29 is 0 Å². The van der Waals surface area contributed by atoms with Crippen molar-refractivity contribution in [1.82, 2.24) is 10.6 Å². The van der Waals surface area contributed by atoms with Crippen molar-refractivity contribution in [2.45, 2.75) is 40.2 Å². The van der Waals surface area contributed by atoms with Gasteiger partial charge in [0, 0.05) is 12.6 Å². The van der Waals surface area contributed by atoms with E-state index < -0.39 is 0 Å². The second-order valence-corrected chi connectivity index (χ2v) is 3.85. The quantitative estimate of drug-likeness (QED) is 0.610. The molecule has 0 aliphatic heterocycles. The molecule has 1 atom stereocenters. The van der Waals surface area contributed by atoms with Gasteiger partial charge in [-0.1, -0.05) is 20.8 Å². The van der Waals surface area contributed by atoms with Crippen molar-refractivity contribution in [3.05, 3.63) is 0 Å². The molecule has 0 aliphatic carbocycles. The molecule has 0 spiro atoms. The third kappa shape index (κ3) is 8.02. The molecule has 2 heteroatoms. The maximum Gasteiger partial charge on any atom is 0.0164 e. The second-order valence-electron chi connectivity index (χ2n) is 3.85. The summed E-state index contributed by atoms with van der Waals surface area (Å²) in [7, 11) is 0. The fourth-order valence-electron chi connectivity index (χ4n) is 1.05. The first-order valence-corrected chi connectivity index (χ1v) is 5.10. The third-order valence-electron chi connectivity index (χ3n) is 1.92. The Hall–Kier alpha value is -0.0800. The summed E-state index contributed by atoms with van der Waals surface area (Å²) in [5.74, 6) is 0.809. The van der Waals surface area contributed by atoms with E-state index in [2.05, 4.69) is 38.3 Å². The van der Waals surface area contributed by atoms with Crippen LogP contribution < -0.4 is 10.6 Å². The lowest BCUT2D eigenvalue weighted by Crippen LogP contribution is -2.37. The standard InChI is InChI=1S/C10H24N2/c1-5-11-8-10(4)12-7-6-9(2)3/h9-12H,5-8H2,1-4H3. The Morgan fingerprint density at radius 1 is 1.17 bits per heavy atom. The van der Waals surface area contributed by atoms with Crippen LogP contribution in [0.25, 0.3) is 0 Å². The molecule has 0 aromatic heterocycles. The minimum Gasteiger partial charge on any atom is -0.315 e. The summed E-state index contributed by atoms with van der Waals surface area (Å²) in [6.45, 7) is 12.2. The van der Waals surface area contributed by atoms with Crippen LogP contribution in [0.3, 0.4) is 0 Å². The average molecular weight is 172 g/mol. The molecule has 0 heterocycles. The minimum absolute atomic E-state index is 0.601. The van der Waals surface area contributed by atoms with Crippen LogP contribution in [-0.4, -0.2) is 25.7 Å². The summed E-state index contributed by atoms with van der Waals surface area (Å²) >= 11 is 0. The lowest BCUT2D eigenvalue weighted by molar-refractivity contribution is 0.469. The molecule has 2 N–H and O–H groups in total. The molecule has 12 heavy (non-hydrogen) atoms. The largest absolute Gasteiger partial charge is 0.315 e. The Morgan fingerprint density at radius 3 is 2.33 bits per heavy atom. The Morgan fingerprint density at radius 2 is 1.83 bits per heavy atom. The summed E-state index contributed by atoms with van der Waals surface area (Å²) in [6.07, 6.45) is 1.27. The number of rotatable bonds is 7. The van der Waals surface area contributed by atoms with Crippen molar-refractivity contribution in [3.8, 4) is 0 Å². The maximum absolute atomic E-state index is 3.49. The summed E-state index contributed by atoms with van der Waals surface area (Å²) in [6, 6.07) is 0.601. The van der Waals surface area contributed by atoms with E-state index in [4.69, 9.17) is 0 Å². The zero-order chi connectivity index (χ0) is 9.40. The molecular weight excluding hydrogens is 148 g/mol. The molecule has 0 amide bonds. The van der Waals surface area contributed by atoms with Gasteiger partial charge in [-0.05, 0) is 32.4 Å². The van der Waals surface area contributed by atoms with Crippen molar-refractivity contribution in [2.75, 3.05) is 19.6 Å². The van der Waals surface area contributed by atoms with Crippen LogP contribution in [0, 0.1) is 5.92 Å². The van der Waals surface area contributed by atoms with Crippen molar-refractivity contribution in [2.24, 2.45) is 5.92 Å². The summed E-state index contributed by atoms with van der Waals surface area (Å²) in [4.78, 5) is 0. The smallest absolute Gasteiger partial charge is 0.0164 e. The van der Waals surface area contributed by atoms with E-state index in [1.165, 1.54) is 6.42 Å². The van der Waals surface area contributed by atoms with Gasteiger partial charge < -0.3 is 10.6 Å². The SMILES string of the molecule is CCNCC(C)NCCC(C)C. The minimum atomic E-state index is 0.601. The monoisotopic (exact) mass is 172 g/mol. The zero-order valence-electron chi connectivity index (χ0n) is 8.98. The predicted octanol–water partition coefficient (Wildman–Crippen LogP) is 1.62. The molecule has 0 saturated carbocycles. The van der Waals surface area contributed by atoms with Crippen molar-refractivity contribution in [1.29, 1.82) is 0 Å². The van der Waals surface area contributed by atoms with Gasteiger partial charge in [0.05, 0.1) is 0 Å². The lowest BCUT2D eigenvalue weighted by Gasteiger charge is -2.14. The molecule has 1 unspecified atom stereocenters. The van der Waals surface area contributed by atoms with E-state index in [-0.39, 0.29) is 0 Å². The topological polar surface area (TPSA) is 24.1 Å². The first-order chi connectivity index (χ1) is 5.66. The number of nitrogens with one attached hydrogen (secondary N) is 2. The predicted molar refractivity (Wildman–Crippen MR) is 55.5 cm³/mol. The first kappa shape index (κ1) is 11.9. The highest BCUT2D eigenvalue weighted by atomic mass is 15.0. The number of hydrogen-bond acceptors (Lipinski definition) is 2. The summed E-state index contributed by atoms with van der Waals surface area (Å²) < 4.78 is 0. The normalized spacial score (nSPS) is 13.8. The highest BCUT2D eigenvalue weighted by Crippen LogP contribution is 1.96. The molecule has 0 saturated heterocycles. The van der Waals surface area contributed by atoms with Crippen LogP contribution in [0.5, 0.6) is 0 Å². The Balaban J connectivity index is 3.13. The first-order valence-electron chi connectivity index (χ1n) is 5.10. The zero-order valence-corrected chi connectivity index (χ0v) is 8.98. The van der Waals surface area contributed by atoms with Crippen LogP contribution in [0.2, 0.25) is 0 Å². The molecule has 0 aromatic carbocycles. The van der Waals surface area contributed by atoms with Crippen LogP contribution >= 0.6 is 0 Å². The molecule has 0 fully saturated rings. The van der Waals surface area contributed by atoms with Gasteiger partial charge in [-0.3, -0.25) is 0 Å². The van der Waals surface area contributed by atoms with E-state index in [9.17, 15) is 0 Å². The second kappa shape index (κ2) is 7.56. The van der Waals surface area contributed by atoms with E-state index >= 15 is 0 Å². The molecule has 74 valence electrons. The van der Waals surface area contributed by atoms with Crippen LogP contribution in [-0.2, 0) is 0 Å². The van der Waals surface area contributed by atoms with E-state index in [1.54, 1.807) is 0 Å². The van der Waals surface area contributed by atoms with Gasteiger partial charge in [0.1, 0.15) is 0 Å². The highest BCUT2D eigenvalue weighted by molar-refractivity contribution is 4.63. The average Bonchev–Trinajstić information content (AvgIpc) is 2.00. The van der Waals surface area contributed by atoms with Crippen molar-refractivity contribution >= 4 is 0 Å². The van der Waals surface area contributed by atoms with E-state index in [0.717, 1.165) is 25.6 Å². The Bertz CT molecular complexity index is 91.8. The van der Waals surface area contributed by atoms with Gasteiger partial charge in [0.15, 0.2) is 0 Å². The molecular formula is C10H24N2. The molecule has 0 rings (SSSR count). The lowest BCUT2D eigenvalue weighted by atomic mass is 10.1. The van der Waals surface area contributed by atoms with Gasteiger partial charge in [0.25, 0.3) is 0 Å². The third-order valence-corrected chi connectivity index (χ3v) is 1.92. The van der Waals surface area contributed by atoms with E-state index in [1.807, 2.05) is 0 Å². The molecule has 0 bridgehead atoms. The van der Waals surface area contributed by atoms with Gasteiger partial charge >= 0.3 is 0 Å². The number of likely N-dealkylation sites (N-methyl/N-ethyl adjacent to an activating group) is 1. The van der Waals surface area contributed by atoms with Gasteiger partial charge in [-0.15, -0.1) is 0 Å². The summed E-state index contributed by atoms with van der Waals surface area (Å²) in [5, 5.41) is 6.81. The van der Waals surface area contributed by atoms with Gasteiger partial charge in [-0.25, -0.2) is 0 Å². The Kier molecular flexibility index (Phi) is 7.51. The molecule has 0 aliphatic rings. The van der Waals surface area contributed by atoms with Crippen LogP contribution in [0.15, 0.2) is 0 Å². The van der Waals surface area contributed by atoms with Crippen LogP contribution in [0.1, 0.15) is 34.1 Å². The summed E-state index contributed by atoms with van der Waals surface area (Å²) in [5.41, 5.74) is 0. The Labute approximate surface area is 77.1 Å². The van der Waals surface area contributed by atoms with Gasteiger partial charge in [-0.2, -0.15) is 0 Å². The molecule has 0 radical (unpaired) electrons. The fourth-order valence-corrected chi connectivity index (χ4v) is 1.05.